The Labute approximate surface area is 141 Å². The van der Waals surface area contributed by atoms with Crippen LogP contribution in [0.25, 0.3) is 0 Å². The summed E-state index contributed by atoms with van der Waals surface area (Å²) in [6, 6.07) is 11.7. The predicted octanol–water partition coefficient (Wildman–Crippen LogP) is 3.10. The largest absolute Gasteiger partial charge is 0.508 e. The van der Waals surface area contributed by atoms with Gasteiger partial charge in [0.15, 0.2) is 0 Å². The number of hydrogen-bond donors (Lipinski definition) is 2. The minimum absolute atomic E-state index is 0.0321. The van der Waals surface area contributed by atoms with E-state index in [1.165, 1.54) is 36.4 Å². The Kier molecular flexibility index (Phi) is 6.79. The third kappa shape index (κ3) is 5.92. The summed E-state index contributed by atoms with van der Waals surface area (Å²) in [6.07, 6.45) is 0.0366. The molecule has 130 valence electrons. The fourth-order valence-electron chi connectivity index (χ4n) is 1.73. The molecule has 0 aliphatic carbocycles. The number of carboxylic acid groups (broad SMARTS) is 1. The first-order chi connectivity index (χ1) is 11.1. The van der Waals surface area contributed by atoms with Crippen molar-refractivity contribution in [3.8, 4) is 11.5 Å². The first-order valence-electron chi connectivity index (χ1n) is 7.13. The number of carbonyl (C=O) groups is 1. The number of phenolic OH excluding ortho intramolecular Hbond substituents is 1. The van der Waals surface area contributed by atoms with Gasteiger partial charge in [0, 0.05) is 6.92 Å². The van der Waals surface area contributed by atoms with Crippen molar-refractivity contribution in [3.05, 3.63) is 48.5 Å². The van der Waals surface area contributed by atoms with Crippen LogP contribution >= 0.6 is 0 Å². The minimum atomic E-state index is -3.57. The van der Waals surface area contributed by atoms with Gasteiger partial charge in [0.1, 0.15) is 11.5 Å². The Bertz CT molecular complexity index is 758. The predicted molar refractivity (Wildman–Crippen MR) is 89.1 cm³/mol. The van der Waals surface area contributed by atoms with Crippen LogP contribution in [-0.4, -0.2) is 30.7 Å². The Morgan fingerprint density at radius 3 is 1.71 bits per heavy atom. The normalized spacial score (nSPS) is 10.7. The first kappa shape index (κ1) is 19.5. The van der Waals surface area contributed by atoms with Crippen LogP contribution in [0.4, 0.5) is 0 Å². The summed E-state index contributed by atoms with van der Waals surface area (Å²) >= 11 is 0. The zero-order valence-electron chi connectivity index (χ0n) is 13.6. The summed E-state index contributed by atoms with van der Waals surface area (Å²) in [5, 5.41) is 16.6. The molecule has 0 unspecified atom stereocenters. The zero-order chi connectivity index (χ0) is 18.3. The smallest absolute Gasteiger partial charge is 0.300 e. The van der Waals surface area contributed by atoms with Crippen LogP contribution in [0.2, 0.25) is 0 Å². The lowest BCUT2D eigenvalue weighted by atomic mass is 10.3. The van der Waals surface area contributed by atoms with Gasteiger partial charge in [-0.05, 0) is 62.4 Å². The Morgan fingerprint density at radius 2 is 1.33 bits per heavy atom. The molecule has 0 aromatic heterocycles. The molecule has 0 saturated carbocycles. The van der Waals surface area contributed by atoms with Crippen LogP contribution in [0, 0.1) is 0 Å². The van der Waals surface area contributed by atoms with E-state index in [0.717, 1.165) is 6.92 Å². The van der Waals surface area contributed by atoms with Gasteiger partial charge < -0.3 is 14.9 Å². The quantitative estimate of drug-likeness (QED) is 0.877. The summed E-state index contributed by atoms with van der Waals surface area (Å²) in [5.74, 6) is -0.172. The number of sulfone groups is 1. The number of carboxylic acids is 1. The van der Waals surface area contributed by atoms with E-state index in [9.17, 15) is 13.5 Å². The molecule has 0 aliphatic heterocycles. The van der Waals surface area contributed by atoms with Crippen molar-refractivity contribution in [2.24, 2.45) is 0 Å². The van der Waals surface area contributed by atoms with Crippen molar-refractivity contribution in [2.45, 2.75) is 36.7 Å². The van der Waals surface area contributed by atoms with Crippen molar-refractivity contribution < 1.29 is 28.2 Å². The van der Waals surface area contributed by atoms with Gasteiger partial charge in [-0.2, -0.15) is 0 Å². The van der Waals surface area contributed by atoms with E-state index >= 15 is 0 Å². The average molecular weight is 352 g/mol. The van der Waals surface area contributed by atoms with Crippen LogP contribution in [0.3, 0.4) is 0 Å². The second kappa shape index (κ2) is 8.35. The molecule has 0 amide bonds. The molecular formula is C17H20O6S. The second-order valence-electron chi connectivity index (χ2n) is 5.15. The van der Waals surface area contributed by atoms with Crippen molar-refractivity contribution in [3.63, 3.8) is 0 Å². The Hall–Kier alpha value is -2.54. The van der Waals surface area contributed by atoms with Crippen LogP contribution in [0.1, 0.15) is 20.8 Å². The molecule has 2 N–H and O–H groups in total. The average Bonchev–Trinajstić information content (AvgIpc) is 2.47. The summed E-state index contributed by atoms with van der Waals surface area (Å²) in [6.45, 7) is 4.89. The molecule has 0 atom stereocenters. The van der Waals surface area contributed by atoms with Crippen molar-refractivity contribution in [1.29, 1.82) is 0 Å². The highest BCUT2D eigenvalue weighted by atomic mass is 32.2. The fourth-order valence-corrected chi connectivity index (χ4v) is 2.99. The molecule has 24 heavy (non-hydrogen) atoms. The Balaban J connectivity index is 0.000000648. The summed E-state index contributed by atoms with van der Waals surface area (Å²) < 4.78 is 30.2. The van der Waals surface area contributed by atoms with Gasteiger partial charge in [0.05, 0.1) is 15.9 Å². The van der Waals surface area contributed by atoms with Gasteiger partial charge >= 0.3 is 0 Å². The van der Waals surface area contributed by atoms with E-state index in [0.29, 0.717) is 5.75 Å². The molecule has 0 saturated heterocycles. The van der Waals surface area contributed by atoms with E-state index < -0.39 is 15.8 Å². The van der Waals surface area contributed by atoms with E-state index in [-0.39, 0.29) is 21.6 Å². The lowest BCUT2D eigenvalue weighted by molar-refractivity contribution is -0.134. The molecule has 2 aromatic carbocycles. The molecule has 0 aliphatic rings. The Morgan fingerprint density at radius 1 is 0.958 bits per heavy atom. The van der Waals surface area contributed by atoms with Gasteiger partial charge in [-0.1, -0.05) is 0 Å². The van der Waals surface area contributed by atoms with Crippen LogP contribution in [0.5, 0.6) is 11.5 Å². The monoisotopic (exact) mass is 352 g/mol. The van der Waals surface area contributed by atoms with Gasteiger partial charge in [0.2, 0.25) is 9.84 Å². The number of benzene rings is 2. The summed E-state index contributed by atoms with van der Waals surface area (Å²) in [7, 11) is -3.57. The molecule has 0 heterocycles. The van der Waals surface area contributed by atoms with Crippen LogP contribution < -0.4 is 4.74 Å². The summed E-state index contributed by atoms with van der Waals surface area (Å²) in [4.78, 5) is 9.34. The second-order valence-corrected chi connectivity index (χ2v) is 7.10. The van der Waals surface area contributed by atoms with Gasteiger partial charge in [-0.15, -0.1) is 0 Å². The third-order valence-corrected chi connectivity index (χ3v) is 4.44. The minimum Gasteiger partial charge on any atom is -0.508 e. The number of ether oxygens (including phenoxy) is 1. The topological polar surface area (TPSA) is 101 Å². The molecule has 0 radical (unpaired) electrons. The molecule has 0 spiro atoms. The van der Waals surface area contributed by atoms with E-state index in [1.54, 1.807) is 12.1 Å². The highest BCUT2D eigenvalue weighted by Crippen LogP contribution is 2.24. The standard InChI is InChI=1S/C15H16O4S.C2H4O2/c1-11(2)19-13-5-9-15(10-6-13)20(17,18)14-7-3-12(16)4-8-14;1-2(3)4/h3-11,16H,1-2H3;1H3,(H,3,4). The number of hydrogen-bond acceptors (Lipinski definition) is 5. The molecule has 0 bridgehead atoms. The molecule has 2 aromatic rings. The number of aromatic hydroxyl groups is 1. The highest BCUT2D eigenvalue weighted by molar-refractivity contribution is 7.91. The number of rotatable bonds is 4. The summed E-state index contributed by atoms with van der Waals surface area (Å²) in [5.41, 5.74) is 0. The van der Waals surface area contributed by atoms with Crippen LogP contribution in [-0.2, 0) is 14.6 Å². The van der Waals surface area contributed by atoms with E-state index in [4.69, 9.17) is 14.6 Å². The maximum absolute atomic E-state index is 12.4. The lowest BCUT2D eigenvalue weighted by Crippen LogP contribution is -2.06. The highest BCUT2D eigenvalue weighted by Gasteiger charge is 2.17. The lowest BCUT2D eigenvalue weighted by Gasteiger charge is -2.10. The van der Waals surface area contributed by atoms with Crippen molar-refractivity contribution in [2.75, 3.05) is 0 Å². The maximum atomic E-state index is 12.4. The molecule has 7 heteroatoms. The van der Waals surface area contributed by atoms with Gasteiger partial charge in [0.25, 0.3) is 5.97 Å². The third-order valence-electron chi connectivity index (χ3n) is 2.65. The van der Waals surface area contributed by atoms with Crippen molar-refractivity contribution >= 4 is 15.8 Å². The maximum Gasteiger partial charge on any atom is 0.300 e. The van der Waals surface area contributed by atoms with Gasteiger partial charge in [-0.25, -0.2) is 8.42 Å². The SMILES string of the molecule is CC(=O)O.CC(C)Oc1ccc(S(=O)(=O)c2ccc(O)cc2)cc1. The number of aliphatic carboxylic acids is 1. The van der Waals surface area contributed by atoms with Crippen molar-refractivity contribution in [1.82, 2.24) is 0 Å². The van der Waals surface area contributed by atoms with E-state index in [2.05, 4.69) is 0 Å². The number of phenols is 1. The molecule has 6 nitrogen and oxygen atoms in total. The van der Waals surface area contributed by atoms with Crippen LogP contribution in [0.15, 0.2) is 58.3 Å². The van der Waals surface area contributed by atoms with Gasteiger partial charge in [-0.3, -0.25) is 4.79 Å². The molecule has 0 fully saturated rings. The molecular weight excluding hydrogens is 332 g/mol. The first-order valence-corrected chi connectivity index (χ1v) is 8.61. The fraction of sp³-hybridized carbons (Fsp3) is 0.235. The molecule has 2 rings (SSSR count). The van der Waals surface area contributed by atoms with E-state index in [1.807, 2.05) is 13.8 Å². The zero-order valence-corrected chi connectivity index (χ0v) is 14.4.